The van der Waals surface area contributed by atoms with Crippen LogP contribution in [0.2, 0.25) is 0 Å². The molecule has 0 fully saturated rings. The van der Waals surface area contributed by atoms with Crippen LogP contribution in [0, 0.1) is 5.92 Å². The molecule has 0 saturated heterocycles. The highest BCUT2D eigenvalue weighted by atomic mass is 32.2. The molecule has 0 spiro atoms. The lowest BCUT2D eigenvalue weighted by Gasteiger charge is -2.15. The molecule has 3 N–H and O–H groups in total. The number of thiophene rings is 1. The van der Waals surface area contributed by atoms with Gasteiger partial charge in [-0.15, -0.1) is 11.3 Å². The molecule has 3 rings (SSSR count). The summed E-state index contributed by atoms with van der Waals surface area (Å²) in [6.45, 7) is 3.80. The predicted molar refractivity (Wildman–Crippen MR) is 125 cm³/mol. The fourth-order valence-corrected chi connectivity index (χ4v) is 4.08. The van der Waals surface area contributed by atoms with E-state index in [0.717, 1.165) is 36.4 Å². The summed E-state index contributed by atoms with van der Waals surface area (Å²) < 4.78 is 11.0. The summed E-state index contributed by atoms with van der Waals surface area (Å²) in [5.74, 6) is 1.62. The topological polar surface area (TPSA) is 99.4 Å². The molecule has 0 aliphatic rings. The summed E-state index contributed by atoms with van der Waals surface area (Å²) in [5.41, 5.74) is 1.41. The van der Waals surface area contributed by atoms with Gasteiger partial charge in [0.05, 0.1) is 29.3 Å². The largest absolute Gasteiger partial charge is 0.489 e. The van der Waals surface area contributed by atoms with Gasteiger partial charge in [-0.05, 0) is 35.9 Å². The molecule has 0 aliphatic carbocycles. The molecule has 0 saturated carbocycles. The van der Waals surface area contributed by atoms with Crippen molar-refractivity contribution in [2.45, 2.75) is 26.4 Å². The molecule has 164 valence electrons. The van der Waals surface area contributed by atoms with Gasteiger partial charge in [0.15, 0.2) is 0 Å². The number of ether oxygens (including phenoxy) is 1. The van der Waals surface area contributed by atoms with Gasteiger partial charge >= 0.3 is 0 Å². The van der Waals surface area contributed by atoms with Crippen LogP contribution in [0.15, 0.2) is 54.3 Å². The van der Waals surface area contributed by atoms with Crippen molar-refractivity contribution in [1.29, 1.82) is 0 Å². The number of para-hydroxylation sites is 1. The third-order valence-electron chi connectivity index (χ3n) is 4.78. The summed E-state index contributed by atoms with van der Waals surface area (Å²) in [6, 6.07) is 11.5. The van der Waals surface area contributed by atoms with E-state index in [4.69, 9.17) is 14.1 Å². The van der Waals surface area contributed by atoms with Crippen LogP contribution in [-0.2, 0) is 10.8 Å². The fourth-order valence-electron chi connectivity index (χ4n) is 2.96. The van der Waals surface area contributed by atoms with Crippen molar-refractivity contribution in [2.75, 3.05) is 18.5 Å². The van der Waals surface area contributed by atoms with Crippen LogP contribution in [0.1, 0.15) is 40.6 Å². The van der Waals surface area contributed by atoms with Gasteiger partial charge in [0.1, 0.15) is 24.5 Å². The van der Waals surface area contributed by atoms with Crippen molar-refractivity contribution >= 4 is 35.2 Å². The third-order valence-corrected chi connectivity index (χ3v) is 6.03. The van der Waals surface area contributed by atoms with Gasteiger partial charge in [-0.2, -0.15) is 0 Å². The number of ketones is 1. The van der Waals surface area contributed by atoms with E-state index in [0.29, 0.717) is 41.9 Å². The first kappa shape index (κ1) is 23.2. The first-order valence-corrected chi connectivity index (χ1v) is 11.7. The standard InChI is InChI=1S/C22H26N4O3S2/c1-2-16(13-29-31-23)8-9-25-22-19(11-24-15-26-22)21(27)20-10-17(14-30-20)12-28-18-6-4-3-5-7-18/h3-7,10-11,14-16H,2,8-9,12-13,23H2,1H3,(H,24,25,26). The zero-order valence-electron chi connectivity index (χ0n) is 17.3. The highest BCUT2D eigenvalue weighted by Gasteiger charge is 2.18. The van der Waals surface area contributed by atoms with Crippen LogP contribution in [-0.4, -0.2) is 28.9 Å². The van der Waals surface area contributed by atoms with E-state index in [9.17, 15) is 4.79 Å². The van der Waals surface area contributed by atoms with Crippen molar-refractivity contribution in [1.82, 2.24) is 9.97 Å². The van der Waals surface area contributed by atoms with Crippen LogP contribution < -0.4 is 15.2 Å². The molecule has 0 aliphatic heterocycles. The molecule has 0 bridgehead atoms. The Kier molecular flexibility index (Phi) is 9.29. The molecule has 7 nitrogen and oxygen atoms in total. The number of hydrogen-bond donors (Lipinski definition) is 2. The van der Waals surface area contributed by atoms with Crippen molar-refractivity contribution in [3.05, 3.63) is 70.3 Å². The quantitative estimate of drug-likeness (QED) is 0.216. The highest BCUT2D eigenvalue weighted by molar-refractivity contribution is 7.92. The third kappa shape index (κ3) is 7.03. The minimum Gasteiger partial charge on any atom is -0.489 e. The number of nitrogens with zero attached hydrogens (tertiary/aromatic N) is 2. The number of hydrogen-bond acceptors (Lipinski definition) is 9. The maximum absolute atomic E-state index is 13.1. The smallest absolute Gasteiger partial charge is 0.208 e. The van der Waals surface area contributed by atoms with E-state index < -0.39 is 0 Å². The second kappa shape index (κ2) is 12.4. The number of benzene rings is 1. The molecule has 2 heterocycles. The van der Waals surface area contributed by atoms with E-state index in [1.165, 1.54) is 17.7 Å². The number of anilines is 1. The Morgan fingerprint density at radius 3 is 2.94 bits per heavy atom. The number of carbonyl (C=O) groups excluding carboxylic acids is 1. The maximum atomic E-state index is 13.1. The lowest BCUT2D eigenvalue weighted by molar-refractivity contribution is 0.104. The maximum Gasteiger partial charge on any atom is 0.208 e. The molecule has 2 aromatic heterocycles. The normalized spacial score (nSPS) is 11.8. The minimum absolute atomic E-state index is 0.103. The lowest BCUT2D eigenvalue weighted by Crippen LogP contribution is -2.15. The van der Waals surface area contributed by atoms with Crippen LogP contribution in [0.3, 0.4) is 0 Å². The van der Waals surface area contributed by atoms with E-state index in [-0.39, 0.29) is 5.78 Å². The second-order valence-electron chi connectivity index (χ2n) is 6.91. The Bertz CT molecular complexity index is 953. The second-order valence-corrected chi connectivity index (χ2v) is 8.24. The van der Waals surface area contributed by atoms with E-state index >= 15 is 0 Å². The van der Waals surface area contributed by atoms with Crippen molar-refractivity contribution in [2.24, 2.45) is 11.1 Å². The number of aromatic nitrogens is 2. The van der Waals surface area contributed by atoms with Gasteiger partial charge in [-0.3, -0.25) is 9.93 Å². The SMILES string of the molecule is CCC(CCNc1ncncc1C(=O)c1cc(COc2ccccc2)cs1)COSN. The molecule has 1 unspecified atom stereocenters. The van der Waals surface area contributed by atoms with E-state index in [2.05, 4.69) is 22.2 Å². The molecule has 31 heavy (non-hydrogen) atoms. The Balaban J connectivity index is 1.60. The zero-order chi connectivity index (χ0) is 21.9. The van der Waals surface area contributed by atoms with Gasteiger partial charge < -0.3 is 14.2 Å². The summed E-state index contributed by atoms with van der Waals surface area (Å²) in [4.78, 5) is 22.0. The van der Waals surface area contributed by atoms with E-state index in [1.807, 2.05) is 41.8 Å². The zero-order valence-corrected chi connectivity index (χ0v) is 19.0. The average molecular weight is 459 g/mol. The summed E-state index contributed by atoms with van der Waals surface area (Å²) in [5, 5.41) is 10.5. The number of rotatable bonds is 13. The van der Waals surface area contributed by atoms with Crippen LogP contribution in [0.5, 0.6) is 5.75 Å². The predicted octanol–water partition coefficient (Wildman–Crippen LogP) is 4.71. The Morgan fingerprint density at radius 1 is 1.32 bits per heavy atom. The van der Waals surface area contributed by atoms with Gasteiger partial charge in [0.2, 0.25) is 5.78 Å². The molecule has 9 heteroatoms. The summed E-state index contributed by atoms with van der Waals surface area (Å²) >= 11 is 2.28. The lowest BCUT2D eigenvalue weighted by atomic mass is 10.0. The van der Waals surface area contributed by atoms with Crippen molar-refractivity contribution in [3.63, 3.8) is 0 Å². The van der Waals surface area contributed by atoms with Crippen LogP contribution in [0.4, 0.5) is 5.82 Å². The monoisotopic (exact) mass is 458 g/mol. The molecular formula is C22H26N4O3S2. The Morgan fingerprint density at radius 2 is 2.16 bits per heavy atom. The van der Waals surface area contributed by atoms with Crippen LogP contribution in [0.25, 0.3) is 0 Å². The molecular weight excluding hydrogens is 432 g/mol. The van der Waals surface area contributed by atoms with E-state index in [1.54, 1.807) is 6.20 Å². The first-order chi connectivity index (χ1) is 15.2. The number of nitrogens with two attached hydrogens (primary N) is 1. The number of carbonyl (C=O) groups is 1. The van der Waals surface area contributed by atoms with Crippen molar-refractivity contribution < 1.29 is 13.7 Å². The van der Waals surface area contributed by atoms with Gasteiger partial charge in [0.25, 0.3) is 0 Å². The molecule has 3 aromatic rings. The van der Waals surface area contributed by atoms with Crippen molar-refractivity contribution in [3.8, 4) is 5.75 Å². The highest BCUT2D eigenvalue weighted by Crippen LogP contribution is 2.23. The summed E-state index contributed by atoms with van der Waals surface area (Å²) in [6.07, 6.45) is 4.87. The summed E-state index contributed by atoms with van der Waals surface area (Å²) in [7, 11) is 0. The average Bonchev–Trinajstić information content (AvgIpc) is 3.29. The Labute approximate surface area is 190 Å². The van der Waals surface area contributed by atoms with Gasteiger partial charge in [-0.1, -0.05) is 31.5 Å². The molecule has 1 atom stereocenters. The molecule has 0 radical (unpaired) electrons. The van der Waals surface area contributed by atoms with Crippen LogP contribution >= 0.6 is 23.6 Å². The molecule has 1 aromatic carbocycles. The van der Waals surface area contributed by atoms with Gasteiger partial charge in [0, 0.05) is 18.3 Å². The Hall–Kier alpha value is -2.46. The number of nitrogens with one attached hydrogen (secondary N) is 1. The molecule has 0 amide bonds. The first-order valence-electron chi connectivity index (χ1n) is 10.0. The van der Waals surface area contributed by atoms with Gasteiger partial charge in [-0.25, -0.2) is 9.97 Å². The fraction of sp³-hybridized carbons (Fsp3) is 0.318. The minimum atomic E-state index is -0.103.